The average molecular weight is 304 g/mol. The molecule has 2 heterocycles. The quantitative estimate of drug-likeness (QED) is 0.696. The van der Waals surface area contributed by atoms with E-state index in [4.69, 9.17) is 21.7 Å². The Bertz CT molecular complexity index is 735. The summed E-state index contributed by atoms with van der Waals surface area (Å²) >= 11 is 5.05. The van der Waals surface area contributed by atoms with E-state index in [9.17, 15) is 0 Å². The fourth-order valence-electron chi connectivity index (χ4n) is 2.29. The van der Waals surface area contributed by atoms with E-state index in [0.29, 0.717) is 11.4 Å². The molecule has 0 bridgehead atoms. The number of benzene rings is 1. The Labute approximate surface area is 127 Å². The predicted molar refractivity (Wildman–Crippen MR) is 81.8 cm³/mol. The van der Waals surface area contributed by atoms with Crippen molar-refractivity contribution in [3.63, 3.8) is 0 Å². The summed E-state index contributed by atoms with van der Waals surface area (Å²) in [5, 5.41) is 10.8. The number of rotatable bonds is 4. The van der Waals surface area contributed by atoms with Crippen LogP contribution in [-0.2, 0) is 6.42 Å². The van der Waals surface area contributed by atoms with E-state index in [0.717, 1.165) is 23.5 Å². The minimum Gasteiger partial charge on any atom is -0.493 e. The van der Waals surface area contributed by atoms with Crippen LogP contribution < -0.4 is 9.47 Å². The van der Waals surface area contributed by atoms with E-state index in [1.165, 1.54) is 16.6 Å². The topological polar surface area (TPSA) is 64.4 Å². The second-order valence-corrected chi connectivity index (χ2v) is 5.20. The fourth-order valence-corrected chi connectivity index (χ4v) is 2.43. The molecule has 2 aromatic rings. The van der Waals surface area contributed by atoms with Crippen LogP contribution in [0.1, 0.15) is 25.0 Å². The van der Waals surface area contributed by atoms with Gasteiger partial charge >= 0.3 is 0 Å². The third kappa shape index (κ3) is 2.82. The Morgan fingerprint density at radius 1 is 1.62 bits per heavy atom. The summed E-state index contributed by atoms with van der Waals surface area (Å²) in [5.41, 5.74) is 2.02. The van der Waals surface area contributed by atoms with E-state index < -0.39 is 0 Å². The van der Waals surface area contributed by atoms with Gasteiger partial charge in [-0.25, -0.2) is 0 Å². The van der Waals surface area contributed by atoms with Gasteiger partial charge in [0.05, 0.1) is 12.8 Å². The summed E-state index contributed by atoms with van der Waals surface area (Å²) in [6, 6.07) is 3.98. The van der Waals surface area contributed by atoms with Crippen molar-refractivity contribution in [2.45, 2.75) is 26.4 Å². The summed E-state index contributed by atoms with van der Waals surface area (Å²) in [6.07, 6.45) is 4.32. The second-order valence-electron chi connectivity index (χ2n) is 4.81. The lowest BCUT2D eigenvalue weighted by atomic mass is 10.1. The smallest absolute Gasteiger partial charge is 0.216 e. The number of aromatic amines is 1. The van der Waals surface area contributed by atoms with Gasteiger partial charge in [0, 0.05) is 17.5 Å². The van der Waals surface area contributed by atoms with Crippen molar-refractivity contribution in [1.82, 2.24) is 14.9 Å². The molecule has 0 unspecified atom stereocenters. The Morgan fingerprint density at radius 3 is 3.19 bits per heavy atom. The summed E-state index contributed by atoms with van der Waals surface area (Å²) in [5.74, 6) is 1.69. The van der Waals surface area contributed by atoms with Gasteiger partial charge in [0.25, 0.3) is 0 Å². The van der Waals surface area contributed by atoms with Crippen molar-refractivity contribution in [3.05, 3.63) is 34.4 Å². The number of fused-ring (bicyclic) bond motifs is 1. The second kappa shape index (κ2) is 5.69. The molecule has 1 N–H and O–H groups in total. The molecule has 0 aliphatic carbocycles. The fraction of sp³-hybridized carbons (Fsp3) is 0.357. The molecule has 21 heavy (non-hydrogen) atoms. The van der Waals surface area contributed by atoms with Crippen LogP contribution in [0.3, 0.4) is 0 Å². The normalized spacial score (nSPS) is 17.0. The van der Waals surface area contributed by atoms with Crippen LogP contribution in [-0.4, -0.2) is 33.8 Å². The lowest BCUT2D eigenvalue weighted by Crippen LogP contribution is -2.05. The molecular weight excluding hydrogens is 288 g/mol. The van der Waals surface area contributed by atoms with Crippen molar-refractivity contribution < 1.29 is 9.47 Å². The molecule has 0 fully saturated rings. The Balaban J connectivity index is 1.97. The molecule has 1 aromatic carbocycles. The molecule has 0 saturated carbocycles. The molecule has 0 amide bonds. The van der Waals surface area contributed by atoms with Crippen LogP contribution in [0.5, 0.6) is 11.5 Å². The highest BCUT2D eigenvalue weighted by Crippen LogP contribution is 2.34. The first-order valence-electron chi connectivity index (χ1n) is 6.80. The van der Waals surface area contributed by atoms with E-state index in [-0.39, 0.29) is 6.10 Å². The van der Waals surface area contributed by atoms with Gasteiger partial charge in [0.2, 0.25) is 4.77 Å². The van der Waals surface area contributed by atoms with E-state index in [1.807, 2.05) is 19.1 Å². The molecule has 0 radical (unpaired) electrons. The molecule has 110 valence electrons. The van der Waals surface area contributed by atoms with Crippen molar-refractivity contribution in [3.8, 4) is 11.5 Å². The van der Waals surface area contributed by atoms with Gasteiger partial charge in [-0.3, -0.25) is 5.10 Å². The number of ether oxygens (including phenoxy) is 2. The number of nitrogens with one attached hydrogen (secondary N) is 1. The first-order valence-corrected chi connectivity index (χ1v) is 7.21. The standard InChI is InChI=1S/C14H16N4O2S/c1-3-19-12-5-10-4-9(2)20-13(10)6-11(12)7-16-18-8-15-17-14(18)21/h5-9H,3-4H2,1-2H3,(H,17,21)/b16-7-/t9-/m0/s1. The van der Waals surface area contributed by atoms with Gasteiger partial charge in [-0.05, 0) is 38.2 Å². The van der Waals surface area contributed by atoms with Gasteiger partial charge in [0.1, 0.15) is 23.9 Å². The van der Waals surface area contributed by atoms with Crippen LogP contribution in [0.2, 0.25) is 0 Å². The Kier molecular flexibility index (Phi) is 3.74. The molecule has 6 nitrogen and oxygen atoms in total. The van der Waals surface area contributed by atoms with Crippen LogP contribution in [0.25, 0.3) is 0 Å². The van der Waals surface area contributed by atoms with Gasteiger partial charge in [-0.15, -0.1) is 0 Å². The minimum absolute atomic E-state index is 0.198. The Hall–Kier alpha value is -2.15. The summed E-state index contributed by atoms with van der Waals surface area (Å²) in [7, 11) is 0. The van der Waals surface area contributed by atoms with Gasteiger partial charge in [-0.2, -0.15) is 14.9 Å². The van der Waals surface area contributed by atoms with E-state index >= 15 is 0 Å². The molecule has 1 atom stereocenters. The van der Waals surface area contributed by atoms with Crippen molar-refractivity contribution >= 4 is 18.4 Å². The zero-order chi connectivity index (χ0) is 14.8. The number of aromatic nitrogens is 3. The molecular formula is C14H16N4O2S. The predicted octanol–water partition coefficient (Wildman–Crippen LogP) is 2.54. The summed E-state index contributed by atoms with van der Waals surface area (Å²) < 4.78 is 13.4. The lowest BCUT2D eigenvalue weighted by Gasteiger charge is -2.09. The molecule has 3 rings (SSSR count). The molecule has 1 aliphatic rings. The van der Waals surface area contributed by atoms with Crippen molar-refractivity contribution in [2.75, 3.05) is 6.61 Å². The number of hydrogen-bond donors (Lipinski definition) is 1. The molecule has 7 heteroatoms. The molecule has 1 aromatic heterocycles. The number of nitrogens with zero attached hydrogens (tertiary/aromatic N) is 3. The third-order valence-corrected chi connectivity index (χ3v) is 3.46. The maximum absolute atomic E-state index is 5.78. The van der Waals surface area contributed by atoms with Gasteiger partial charge in [0.15, 0.2) is 0 Å². The minimum atomic E-state index is 0.198. The summed E-state index contributed by atoms with van der Waals surface area (Å²) in [4.78, 5) is 0. The molecule has 0 spiro atoms. The Morgan fingerprint density at radius 2 is 2.48 bits per heavy atom. The SMILES string of the molecule is CCOc1cc2c(cc1/C=N\n1cn[nH]c1=S)O[C@@H](C)C2. The largest absolute Gasteiger partial charge is 0.493 e. The van der Waals surface area contributed by atoms with Crippen LogP contribution in [0, 0.1) is 4.77 Å². The third-order valence-electron chi connectivity index (χ3n) is 3.18. The van der Waals surface area contributed by atoms with Gasteiger partial charge in [-0.1, -0.05) is 0 Å². The highest BCUT2D eigenvalue weighted by Gasteiger charge is 2.21. The zero-order valence-corrected chi connectivity index (χ0v) is 12.7. The highest BCUT2D eigenvalue weighted by atomic mass is 32.1. The van der Waals surface area contributed by atoms with E-state index in [1.54, 1.807) is 6.21 Å². The zero-order valence-electron chi connectivity index (χ0n) is 11.9. The van der Waals surface area contributed by atoms with Crippen molar-refractivity contribution in [1.29, 1.82) is 0 Å². The first kappa shape index (κ1) is 13.8. The molecule has 0 saturated heterocycles. The molecule has 1 aliphatic heterocycles. The maximum Gasteiger partial charge on any atom is 0.216 e. The summed E-state index contributed by atoms with van der Waals surface area (Å²) in [6.45, 7) is 4.61. The average Bonchev–Trinajstić information content (AvgIpc) is 3.01. The first-order chi connectivity index (χ1) is 10.2. The van der Waals surface area contributed by atoms with Crippen molar-refractivity contribution in [2.24, 2.45) is 5.10 Å². The van der Waals surface area contributed by atoms with Gasteiger partial charge < -0.3 is 9.47 Å². The van der Waals surface area contributed by atoms with Crippen LogP contribution in [0.15, 0.2) is 23.6 Å². The maximum atomic E-state index is 5.78. The van der Waals surface area contributed by atoms with E-state index in [2.05, 4.69) is 22.2 Å². The lowest BCUT2D eigenvalue weighted by molar-refractivity contribution is 0.254. The number of hydrogen-bond acceptors (Lipinski definition) is 5. The van der Waals surface area contributed by atoms with Crippen LogP contribution >= 0.6 is 12.2 Å². The van der Waals surface area contributed by atoms with Crippen LogP contribution in [0.4, 0.5) is 0 Å². The monoisotopic (exact) mass is 304 g/mol. The highest BCUT2D eigenvalue weighted by molar-refractivity contribution is 7.71. The number of H-pyrrole nitrogens is 1.